The zero-order chi connectivity index (χ0) is 17.8. The van der Waals surface area contributed by atoms with E-state index in [0.717, 1.165) is 5.82 Å². The van der Waals surface area contributed by atoms with Gasteiger partial charge in [0.15, 0.2) is 5.16 Å². The first kappa shape index (κ1) is 17.9. The predicted octanol–water partition coefficient (Wildman–Crippen LogP) is 3.99. The zero-order valence-corrected chi connectivity index (χ0v) is 15.6. The van der Waals surface area contributed by atoms with Gasteiger partial charge in [-0.3, -0.25) is 4.79 Å². The van der Waals surface area contributed by atoms with Crippen LogP contribution in [-0.2, 0) is 18.3 Å². The highest BCUT2D eigenvalue weighted by atomic mass is 35.5. The van der Waals surface area contributed by atoms with Crippen molar-refractivity contribution in [3.05, 3.63) is 57.3 Å². The number of anilines is 1. The van der Waals surface area contributed by atoms with Crippen LogP contribution in [0, 0.1) is 5.82 Å². The number of hydrogen-bond donors (Lipinski definition) is 1. The van der Waals surface area contributed by atoms with Gasteiger partial charge in [-0.05, 0) is 29.6 Å². The molecule has 0 aliphatic heterocycles. The second-order valence-corrected chi connectivity index (χ2v) is 7.59. The molecule has 0 saturated carbocycles. The minimum absolute atomic E-state index is 0.0643. The molecule has 1 N–H and O–H groups in total. The van der Waals surface area contributed by atoms with Crippen molar-refractivity contribution in [1.82, 2.24) is 14.8 Å². The van der Waals surface area contributed by atoms with Crippen molar-refractivity contribution in [2.75, 3.05) is 11.1 Å². The van der Waals surface area contributed by atoms with E-state index in [1.165, 1.54) is 34.8 Å². The molecule has 0 saturated heterocycles. The molecule has 25 heavy (non-hydrogen) atoms. The molecule has 1 aromatic carbocycles. The molecule has 1 amide bonds. The summed E-state index contributed by atoms with van der Waals surface area (Å²) in [5, 5.41) is 13.8. The Bertz CT molecular complexity index is 882. The molecule has 0 bridgehead atoms. The van der Waals surface area contributed by atoms with Crippen LogP contribution < -0.4 is 5.32 Å². The third-order valence-electron chi connectivity index (χ3n) is 3.37. The van der Waals surface area contributed by atoms with E-state index in [2.05, 4.69) is 15.5 Å². The molecule has 0 atom stereocenters. The van der Waals surface area contributed by atoms with Crippen molar-refractivity contribution >= 4 is 46.3 Å². The van der Waals surface area contributed by atoms with Gasteiger partial charge in [-0.2, -0.15) is 0 Å². The molecule has 0 spiro atoms. The van der Waals surface area contributed by atoms with E-state index in [4.69, 9.17) is 11.6 Å². The maximum Gasteiger partial charge on any atom is 0.234 e. The van der Waals surface area contributed by atoms with Gasteiger partial charge in [-0.15, -0.1) is 21.5 Å². The molecule has 3 aromatic rings. The first-order valence-corrected chi connectivity index (χ1v) is 9.55. The minimum Gasteiger partial charge on any atom is -0.323 e. The number of rotatable bonds is 6. The molecule has 2 heterocycles. The number of nitrogens with one attached hydrogen (secondary N) is 1. The Hall–Kier alpha value is -1.90. The number of thiophene rings is 1. The van der Waals surface area contributed by atoms with E-state index in [0.29, 0.717) is 16.6 Å². The van der Waals surface area contributed by atoms with E-state index in [9.17, 15) is 9.18 Å². The summed E-state index contributed by atoms with van der Waals surface area (Å²) in [4.78, 5) is 13.2. The fourth-order valence-corrected chi connectivity index (χ4v) is 3.71. The normalized spacial score (nSPS) is 10.8. The van der Waals surface area contributed by atoms with E-state index in [-0.39, 0.29) is 17.3 Å². The smallest absolute Gasteiger partial charge is 0.234 e. The van der Waals surface area contributed by atoms with Crippen LogP contribution in [0.2, 0.25) is 5.02 Å². The van der Waals surface area contributed by atoms with Crippen LogP contribution >= 0.6 is 34.7 Å². The highest BCUT2D eigenvalue weighted by molar-refractivity contribution is 7.99. The molecule has 0 radical (unpaired) electrons. The van der Waals surface area contributed by atoms with Crippen molar-refractivity contribution in [3.8, 4) is 0 Å². The highest BCUT2D eigenvalue weighted by Gasteiger charge is 2.13. The van der Waals surface area contributed by atoms with Gasteiger partial charge < -0.3 is 9.88 Å². The molecule has 5 nitrogen and oxygen atoms in total. The van der Waals surface area contributed by atoms with Gasteiger partial charge in [0, 0.05) is 23.4 Å². The lowest BCUT2D eigenvalue weighted by Gasteiger charge is -2.07. The topological polar surface area (TPSA) is 59.8 Å². The maximum absolute atomic E-state index is 13.6. The summed E-state index contributed by atoms with van der Waals surface area (Å²) in [5.74, 6) is 0.0524. The van der Waals surface area contributed by atoms with Crippen LogP contribution in [0.3, 0.4) is 0 Å². The number of halogens is 2. The first-order chi connectivity index (χ1) is 12.0. The summed E-state index contributed by atoms with van der Waals surface area (Å²) in [6, 6.07) is 8.05. The molecular weight excluding hydrogens is 383 g/mol. The summed E-state index contributed by atoms with van der Waals surface area (Å²) in [5.41, 5.74) is 0.0643. The lowest BCUT2D eigenvalue weighted by molar-refractivity contribution is -0.113. The Morgan fingerprint density at radius 2 is 2.24 bits per heavy atom. The third kappa shape index (κ3) is 4.59. The number of carbonyl (C=O) groups is 1. The fourth-order valence-electron chi connectivity index (χ4n) is 2.10. The number of thioether (sulfide) groups is 1. The molecule has 130 valence electrons. The summed E-state index contributed by atoms with van der Waals surface area (Å²) in [7, 11) is 1.86. The minimum atomic E-state index is -0.528. The lowest BCUT2D eigenvalue weighted by atomic mass is 10.3. The number of amides is 1. The van der Waals surface area contributed by atoms with Crippen LogP contribution in [-0.4, -0.2) is 26.4 Å². The number of carbonyl (C=O) groups excluding carboxylic acids is 1. The summed E-state index contributed by atoms with van der Waals surface area (Å²) < 4.78 is 15.5. The summed E-state index contributed by atoms with van der Waals surface area (Å²) in [6.07, 6.45) is 0.696. The Morgan fingerprint density at radius 1 is 1.40 bits per heavy atom. The molecule has 0 fully saturated rings. The maximum atomic E-state index is 13.6. The monoisotopic (exact) mass is 396 g/mol. The average molecular weight is 397 g/mol. The second kappa shape index (κ2) is 7.99. The molecule has 0 aliphatic rings. The highest BCUT2D eigenvalue weighted by Crippen LogP contribution is 2.22. The van der Waals surface area contributed by atoms with Crippen molar-refractivity contribution in [2.24, 2.45) is 7.05 Å². The Labute approximate surface area is 157 Å². The van der Waals surface area contributed by atoms with E-state index >= 15 is 0 Å². The van der Waals surface area contributed by atoms with Crippen LogP contribution in [0.1, 0.15) is 10.7 Å². The van der Waals surface area contributed by atoms with Crippen LogP contribution in [0.5, 0.6) is 0 Å². The van der Waals surface area contributed by atoms with Crippen LogP contribution in [0.15, 0.2) is 40.9 Å². The van der Waals surface area contributed by atoms with Gasteiger partial charge in [-0.1, -0.05) is 29.4 Å². The van der Waals surface area contributed by atoms with E-state index in [1.807, 2.05) is 29.1 Å². The molecule has 3 rings (SSSR count). The quantitative estimate of drug-likeness (QED) is 0.640. The molecule has 2 aromatic heterocycles. The SMILES string of the molecule is Cn1c(Cc2cccs2)nnc1SCC(=O)Nc1cc(Cl)ccc1F. The summed E-state index contributed by atoms with van der Waals surface area (Å²) in [6.45, 7) is 0. The fraction of sp³-hybridized carbons (Fsp3) is 0.188. The van der Waals surface area contributed by atoms with Crippen molar-refractivity contribution < 1.29 is 9.18 Å². The van der Waals surface area contributed by atoms with Crippen molar-refractivity contribution in [1.29, 1.82) is 0 Å². The zero-order valence-electron chi connectivity index (χ0n) is 13.2. The lowest BCUT2D eigenvalue weighted by Crippen LogP contribution is -2.15. The van der Waals surface area contributed by atoms with Gasteiger partial charge in [0.2, 0.25) is 5.91 Å². The average Bonchev–Trinajstić information content (AvgIpc) is 3.21. The molecule has 0 unspecified atom stereocenters. The third-order valence-corrected chi connectivity index (χ3v) is 5.50. The Morgan fingerprint density at radius 3 is 3.00 bits per heavy atom. The Balaban J connectivity index is 1.59. The largest absolute Gasteiger partial charge is 0.323 e. The van der Waals surface area contributed by atoms with Gasteiger partial charge in [-0.25, -0.2) is 4.39 Å². The van der Waals surface area contributed by atoms with E-state index in [1.54, 1.807) is 11.3 Å². The standard InChI is InChI=1S/C16H14ClFN4OS2/c1-22-14(8-11-3-2-6-24-11)20-21-16(22)25-9-15(23)19-13-7-10(17)4-5-12(13)18/h2-7H,8-9H2,1H3,(H,19,23). The predicted molar refractivity (Wildman–Crippen MR) is 98.9 cm³/mol. The number of nitrogens with zero attached hydrogens (tertiary/aromatic N) is 3. The van der Waals surface area contributed by atoms with Crippen molar-refractivity contribution in [2.45, 2.75) is 11.6 Å². The number of benzene rings is 1. The van der Waals surface area contributed by atoms with Crippen LogP contribution in [0.4, 0.5) is 10.1 Å². The van der Waals surface area contributed by atoms with Crippen LogP contribution in [0.25, 0.3) is 0 Å². The van der Waals surface area contributed by atoms with Gasteiger partial charge in [0.25, 0.3) is 0 Å². The van der Waals surface area contributed by atoms with Gasteiger partial charge >= 0.3 is 0 Å². The molecular formula is C16H14ClFN4OS2. The number of aromatic nitrogens is 3. The molecule has 9 heteroatoms. The van der Waals surface area contributed by atoms with Gasteiger partial charge in [0.05, 0.1) is 11.4 Å². The molecule has 0 aliphatic carbocycles. The Kier molecular flexibility index (Phi) is 5.72. The first-order valence-electron chi connectivity index (χ1n) is 7.31. The van der Waals surface area contributed by atoms with Gasteiger partial charge in [0.1, 0.15) is 11.6 Å². The second-order valence-electron chi connectivity index (χ2n) is 5.17. The van der Waals surface area contributed by atoms with Crippen molar-refractivity contribution in [3.63, 3.8) is 0 Å². The summed E-state index contributed by atoms with van der Waals surface area (Å²) >= 11 is 8.71. The van der Waals surface area contributed by atoms with E-state index < -0.39 is 5.82 Å². The number of hydrogen-bond acceptors (Lipinski definition) is 5.